The molecule has 0 aromatic carbocycles. The molecule has 1 fully saturated rings. The third kappa shape index (κ3) is 3.71. The van der Waals surface area contributed by atoms with E-state index in [9.17, 15) is 8.42 Å². The molecular weight excluding hydrogens is 216 g/mol. The Balaban J connectivity index is 2.51. The number of hydrogen-bond donors (Lipinski definition) is 1. The number of hydrogen-bond acceptors (Lipinski definition) is 4. The molecule has 0 radical (unpaired) electrons. The van der Waals surface area contributed by atoms with E-state index in [1.54, 1.807) is 4.31 Å². The van der Waals surface area contributed by atoms with Gasteiger partial charge in [0.05, 0.1) is 19.0 Å². The van der Waals surface area contributed by atoms with Gasteiger partial charge in [0.1, 0.15) is 0 Å². The summed E-state index contributed by atoms with van der Waals surface area (Å²) in [6.45, 7) is 4.12. The first-order valence-corrected chi connectivity index (χ1v) is 6.90. The summed E-state index contributed by atoms with van der Waals surface area (Å²) in [5, 5.41) is 2.95. The molecule has 1 rings (SSSR count). The van der Waals surface area contributed by atoms with Crippen molar-refractivity contribution in [2.45, 2.75) is 19.4 Å². The van der Waals surface area contributed by atoms with Gasteiger partial charge in [-0.05, 0) is 26.9 Å². The van der Waals surface area contributed by atoms with Gasteiger partial charge < -0.3 is 10.1 Å². The van der Waals surface area contributed by atoms with E-state index in [1.165, 1.54) is 0 Å². The van der Waals surface area contributed by atoms with Gasteiger partial charge in [-0.1, -0.05) is 0 Å². The lowest BCUT2D eigenvalue weighted by Gasteiger charge is -2.32. The van der Waals surface area contributed by atoms with E-state index in [0.717, 1.165) is 6.54 Å². The van der Waals surface area contributed by atoms with Gasteiger partial charge in [0, 0.05) is 12.6 Å². The van der Waals surface area contributed by atoms with E-state index in [-0.39, 0.29) is 11.8 Å². The van der Waals surface area contributed by atoms with Crippen LogP contribution in [0.4, 0.5) is 0 Å². The summed E-state index contributed by atoms with van der Waals surface area (Å²) in [5.74, 6) is 0.220. The third-order valence-corrected chi connectivity index (χ3v) is 4.55. The van der Waals surface area contributed by atoms with Gasteiger partial charge in [-0.2, -0.15) is 4.31 Å². The molecule has 6 heteroatoms. The van der Waals surface area contributed by atoms with Crippen LogP contribution in [-0.2, 0) is 14.8 Å². The van der Waals surface area contributed by atoms with Crippen molar-refractivity contribution in [2.24, 2.45) is 0 Å². The van der Waals surface area contributed by atoms with E-state index in [1.807, 2.05) is 14.0 Å². The number of rotatable bonds is 5. The maximum atomic E-state index is 11.9. The van der Waals surface area contributed by atoms with Crippen LogP contribution in [0.25, 0.3) is 0 Å². The average molecular weight is 236 g/mol. The summed E-state index contributed by atoms with van der Waals surface area (Å²) in [7, 11) is -1.27. The van der Waals surface area contributed by atoms with Gasteiger partial charge in [-0.15, -0.1) is 0 Å². The van der Waals surface area contributed by atoms with Crippen molar-refractivity contribution in [2.75, 3.05) is 39.1 Å². The van der Waals surface area contributed by atoms with Crippen LogP contribution >= 0.6 is 0 Å². The summed E-state index contributed by atoms with van der Waals surface area (Å²) < 4.78 is 30.6. The second kappa shape index (κ2) is 5.79. The molecule has 0 bridgehead atoms. The fourth-order valence-electron chi connectivity index (χ4n) is 1.67. The van der Waals surface area contributed by atoms with Crippen LogP contribution in [0, 0.1) is 0 Å². The van der Waals surface area contributed by atoms with Crippen molar-refractivity contribution in [1.82, 2.24) is 9.62 Å². The van der Waals surface area contributed by atoms with Crippen molar-refractivity contribution in [3.05, 3.63) is 0 Å². The van der Waals surface area contributed by atoms with Gasteiger partial charge >= 0.3 is 0 Å². The van der Waals surface area contributed by atoms with Crippen molar-refractivity contribution in [3.63, 3.8) is 0 Å². The third-order valence-electron chi connectivity index (χ3n) is 2.49. The monoisotopic (exact) mass is 236 g/mol. The fraction of sp³-hybridized carbons (Fsp3) is 1.00. The van der Waals surface area contributed by atoms with Gasteiger partial charge in [-0.3, -0.25) is 0 Å². The van der Waals surface area contributed by atoms with Crippen molar-refractivity contribution >= 4 is 10.0 Å². The van der Waals surface area contributed by atoms with E-state index in [0.29, 0.717) is 26.2 Å². The molecule has 1 N–H and O–H groups in total. The Bertz CT molecular complexity index is 279. The highest BCUT2D eigenvalue weighted by atomic mass is 32.2. The van der Waals surface area contributed by atoms with Crippen LogP contribution in [0.15, 0.2) is 0 Å². The Kier molecular flexibility index (Phi) is 4.98. The lowest BCUT2D eigenvalue weighted by atomic mass is 10.3. The largest absolute Gasteiger partial charge is 0.378 e. The molecule has 0 aromatic heterocycles. The molecule has 1 aliphatic rings. The molecule has 15 heavy (non-hydrogen) atoms. The molecule has 1 saturated heterocycles. The first kappa shape index (κ1) is 12.9. The molecule has 90 valence electrons. The van der Waals surface area contributed by atoms with Crippen LogP contribution in [0.2, 0.25) is 0 Å². The Morgan fingerprint density at radius 2 is 2.27 bits per heavy atom. The molecule has 0 amide bonds. The Morgan fingerprint density at radius 1 is 1.53 bits per heavy atom. The number of nitrogens with one attached hydrogen (secondary N) is 1. The Morgan fingerprint density at radius 3 is 2.87 bits per heavy atom. The highest BCUT2D eigenvalue weighted by molar-refractivity contribution is 7.89. The highest BCUT2D eigenvalue weighted by Gasteiger charge is 2.29. The van der Waals surface area contributed by atoms with Gasteiger partial charge in [-0.25, -0.2) is 8.42 Å². The SMILES string of the molecule is CNCCCS(=O)(=O)N1CCOCC1C. The Hall–Kier alpha value is -0.170. The topological polar surface area (TPSA) is 58.6 Å². The maximum absolute atomic E-state index is 11.9. The second-order valence-electron chi connectivity index (χ2n) is 3.81. The Labute approximate surface area is 91.8 Å². The normalized spacial score (nSPS) is 24.3. The lowest BCUT2D eigenvalue weighted by Crippen LogP contribution is -2.48. The van der Waals surface area contributed by atoms with Crippen molar-refractivity contribution in [1.29, 1.82) is 0 Å². The molecule has 5 nitrogen and oxygen atoms in total. The quantitative estimate of drug-likeness (QED) is 0.663. The molecule has 1 unspecified atom stereocenters. The molecule has 0 spiro atoms. The van der Waals surface area contributed by atoms with Gasteiger partial charge in [0.25, 0.3) is 0 Å². The van der Waals surface area contributed by atoms with E-state index in [4.69, 9.17) is 4.74 Å². The minimum Gasteiger partial charge on any atom is -0.378 e. The summed E-state index contributed by atoms with van der Waals surface area (Å²) in [4.78, 5) is 0. The van der Waals surface area contributed by atoms with Crippen molar-refractivity contribution < 1.29 is 13.2 Å². The number of nitrogens with zero attached hydrogens (tertiary/aromatic N) is 1. The van der Waals surface area contributed by atoms with Gasteiger partial charge in [0.15, 0.2) is 0 Å². The zero-order valence-electron chi connectivity index (χ0n) is 9.40. The van der Waals surface area contributed by atoms with Crippen LogP contribution < -0.4 is 5.32 Å². The predicted octanol–water partition coefficient (Wildman–Crippen LogP) is -0.354. The smallest absolute Gasteiger partial charge is 0.214 e. The molecule has 1 heterocycles. The van der Waals surface area contributed by atoms with Crippen LogP contribution in [-0.4, -0.2) is 57.9 Å². The minimum atomic E-state index is -3.09. The first-order valence-electron chi connectivity index (χ1n) is 5.30. The first-order chi connectivity index (χ1) is 7.08. The zero-order chi connectivity index (χ0) is 11.3. The van der Waals surface area contributed by atoms with E-state index in [2.05, 4.69) is 5.32 Å². The average Bonchev–Trinajstić information content (AvgIpc) is 2.18. The van der Waals surface area contributed by atoms with E-state index >= 15 is 0 Å². The standard InChI is InChI=1S/C9H20N2O3S/c1-9-8-14-6-5-11(9)15(12,13)7-3-4-10-2/h9-10H,3-8H2,1-2H3. The van der Waals surface area contributed by atoms with Crippen LogP contribution in [0.3, 0.4) is 0 Å². The second-order valence-corrected chi connectivity index (χ2v) is 5.85. The van der Waals surface area contributed by atoms with Crippen LogP contribution in [0.5, 0.6) is 0 Å². The van der Waals surface area contributed by atoms with Crippen LogP contribution in [0.1, 0.15) is 13.3 Å². The summed E-state index contributed by atoms with van der Waals surface area (Å²) in [5.41, 5.74) is 0. The van der Waals surface area contributed by atoms with Crippen molar-refractivity contribution in [3.8, 4) is 0 Å². The molecule has 0 saturated carbocycles. The number of ether oxygens (including phenoxy) is 1. The molecule has 1 atom stereocenters. The lowest BCUT2D eigenvalue weighted by molar-refractivity contribution is 0.0393. The maximum Gasteiger partial charge on any atom is 0.214 e. The fourth-order valence-corrected chi connectivity index (χ4v) is 3.38. The summed E-state index contributed by atoms with van der Waals surface area (Å²) in [6.07, 6.45) is 0.656. The number of morpholine rings is 1. The zero-order valence-corrected chi connectivity index (χ0v) is 10.2. The minimum absolute atomic E-state index is 0.0293. The summed E-state index contributed by atoms with van der Waals surface area (Å²) >= 11 is 0. The highest BCUT2D eigenvalue weighted by Crippen LogP contribution is 2.12. The van der Waals surface area contributed by atoms with Gasteiger partial charge in [0.2, 0.25) is 10.0 Å². The molecule has 0 aromatic rings. The molecule has 1 aliphatic heterocycles. The van der Waals surface area contributed by atoms with E-state index < -0.39 is 10.0 Å². The molecular formula is C9H20N2O3S. The predicted molar refractivity (Wildman–Crippen MR) is 59.3 cm³/mol. The number of sulfonamides is 1. The summed E-state index contributed by atoms with van der Waals surface area (Å²) in [6, 6.07) is -0.0293. The molecule has 0 aliphatic carbocycles.